The number of anilines is 1. The third-order valence-corrected chi connectivity index (χ3v) is 8.31. The van der Waals surface area contributed by atoms with E-state index < -0.39 is 41.8 Å². The fraction of sp³-hybridized carbons (Fsp3) is 0.476. The first-order chi connectivity index (χ1) is 18.2. The van der Waals surface area contributed by atoms with Crippen LogP contribution < -0.4 is 11.1 Å². The maximum Gasteiger partial charge on any atom is 0.352 e. The number of aliphatic carboxylic acids is 1. The van der Waals surface area contributed by atoms with Crippen LogP contribution >= 0.6 is 23.3 Å². The first-order valence-corrected chi connectivity index (χ1v) is 13.3. The van der Waals surface area contributed by atoms with Crippen molar-refractivity contribution in [3.05, 3.63) is 29.2 Å². The molecule has 14 nitrogen and oxygen atoms in total. The Bertz CT molecular complexity index is 1210. The Morgan fingerprint density at radius 1 is 1.42 bits per heavy atom. The number of carbonyl (C=O) groups excluding carboxylic acids is 2. The molecule has 5 N–H and O–H groups in total. The molecule has 0 aliphatic carbocycles. The lowest BCUT2D eigenvalue weighted by Crippen LogP contribution is -2.71. The van der Waals surface area contributed by atoms with E-state index in [1.165, 1.54) is 18.1 Å². The summed E-state index contributed by atoms with van der Waals surface area (Å²) in [4.78, 5) is 49.2. The maximum atomic E-state index is 13.0. The molecule has 0 unspecified atom stereocenters. The predicted molar refractivity (Wildman–Crippen MR) is 138 cm³/mol. The minimum atomic E-state index is -1.30. The van der Waals surface area contributed by atoms with E-state index in [4.69, 9.17) is 11.1 Å². The summed E-state index contributed by atoms with van der Waals surface area (Å²) < 4.78 is 17.1. The number of nitrogen functional groups attached to an aromatic ring is 1. The van der Waals surface area contributed by atoms with E-state index in [1.807, 2.05) is 11.0 Å². The van der Waals surface area contributed by atoms with Crippen molar-refractivity contribution in [1.82, 2.24) is 24.5 Å². The number of rotatable bonds is 10. The Morgan fingerprint density at radius 2 is 2.16 bits per heavy atom. The third-order valence-electron chi connectivity index (χ3n) is 6.46. The average molecular weight is 569 g/mol. The molecule has 2 fully saturated rings. The quantitative estimate of drug-likeness (QED) is 0.0936. The van der Waals surface area contributed by atoms with Crippen molar-refractivity contribution in [2.75, 3.05) is 58.1 Å². The summed E-state index contributed by atoms with van der Waals surface area (Å²) in [6.45, 7) is 2.66. The average Bonchev–Trinajstić information content (AvgIpc) is 3.33. The molecule has 4 heterocycles. The SMILES string of the molecule is C[N+]1(C/C=C/C2=C(C(=O)O)N3C(=O)[C@@H](NC(=O)/C(=N\OCF)c4nsc(N)n4)[C@@H]3SC2)CCN(C=N)CC1. The van der Waals surface area contributed by atoms with Gasteiger partial charge in [0.25, 0.3) is 18.7 Å². The van der Waals surface area contributed by atoms with Crippen LogP contribution in [0.25, 0.3) is 0 Å². The monoisotopic (exact) mass is 568 g/mol. The number of carbonyl (C=O) groups is 3. The number of halogens is 1. The zero-order chi connectivity index (χ0) is 27.4. The Balaban J connectivity index is 1.45. The van der Waals surface area contributed by atoms with E-state index in [2.05, 4.69) is 31.7 Å². The van der Waals surface area contributed by atoms with E-state index in [0.29, 0.717) is 17.9 Å². The second-order valence-corrected chi connectivity index (χ2v) is 10.9. The second kappa shape index (κ2) is 11.4. The van der Waals surface area contributed by atoms with E-state index in [0.717, 1.165) is 47.1 Å². The first kappa shape index (κ1) is 27.5. The van der Waals surface area contributed by atoms with Crippen LogP contribution in [0.15, 0.2) is 28.6 Å². The molecule has 0 saturated carbocycles. The van der Waals surface area contributed by atoms with Gasteiger partial charge in [0.2, 0.25) is 11.5 Å². The Kier molecular flexibility index (Phi) is 8.27. The van der Waals surface area contributed by atoms with Crippen LogP contribution in [0, 0.1) is 5.41 Å². The number of quaternary nitrogens is 1. The molecule has 4 rings (SSSR count). The lowest BCUT2D eigenvalue weighted by Gasteiger charge is -2.49. The highest BCUT2D eigenvalue weighted by Gasteiger charge is 2.54. The number of carboxylic acid groups (broad SMARTS) is 1. The predicted octanol–water partition coefficient (Wildman–Crippen LogP) is -0.568. The van der Waals surface area contributed by atoms with Gasteiger partial charge in [-0.25, -0.2) is 9.18 Å². The molecular formula is C21H27FN9O5S2+. The number of nitrogens with one attached hydrogen (secondary N) is 2. The molecule has 0 bridgehead atoms. The summed E-state index contributed by atoms with van der Waals surface area (Å²) in [5.74, 6) is -2.60. The van der Waals surface area contributed by atoms with Gasteiger partial charge in [0.15, 0.2) is 5.13 Å². The summed E-state index contributed by atoms with van der Waals surface area (Å²) in [6.07, 6.45) is 5.01. The number of nitrogens with zero attached hydrogens (tertiary/aromatic N) is 6. The highest BCUT2D eigenvalue weighted by Crippen LogP contribution is 2.40. The van der Waals surface area contributed by atoms with E-state index in [1.54, 1.807) is 6.08 Å². The molecule has 204 valence electrons. The van der Waals surface area contributed by atoms with Crippen LogP contribution in [-0.2, 0) is 19.2 Å². The molecule has 2 amide bonds. The van der Waals surface area contributed by atoms with Gasteiger partial charge in [-0.1, -0.05) is 11.2 Å². The van der Waals surface area contributed by atoms with Gasteiger partial charge in [0, 0.05) is 17.3 Å². The molecule has 2 saturated heterocycles. The van der Waals surface area contributed by atoms with E-state index >= 15 is 0 Å². The molecule has 2 atom stereocenters. The molecule has 38 heavy (non-hydrogen) atoms. The Morgan fingerprint density at radius 3 is 2.76 bits per heavy atom. The van der Waals surface area contributed by atoms with Crippen LogP contribution in [0.3, 0.4) is 0 Å². The number of thioether (sulfide) groups is 1. The van der Waals surface area contributed by atoms with Crippen LogP contribution in [0.2, 0.25) is 0 Å². The first-order valence-electron chi connectivity index (χ1n) is 11.5. The van der Waals surface area contributed by atoms with Crippen LogP contribution in [0.4, 0.5) is 9.52 Å². The number of hydrogen-bond donors (Lipinski definition) is 4. The number of fused-ring (bicyclic) bond motifs is 1. The van der Waals surface area contributed by atoms with Crippen molar-refractivity contribution in [3.8, 4) is 0 Å². The number of nitrogens with two attached hydrogens (primary N) is 1. The van der Waals surface area contributed by atoms with Gasteiger partial charge in [0.05, 0.1) is 46.1 Å². The van der Waals surface area contributed by atoms with Crippen molar-refractivity contribution in [3.63, 3.8) is 0 Å². The van der Waals surface area contributed by atoms with Crippen molar-refractivity contribution in [2.45, 2.75) is 11.4 Å². The molecule has 3 aliphatic rings. The number of amides is 2. The number of allylic oxidation sites excluding steroid dienone is 1. The van der Waals surface area contributed by atoms with E-state index in [9.17, 15) is 23.9 Å². The number of oxime groups is 1. The number of piperazine rings is 1. The molecule has 0 aromatic carbocycles. The molecule has 0 spiro atoms. The minimum Gasteiger partial charge on any atom is -0.477 e. The minimum absolute atomic E-state index is 0.0518. The Labute approximate surface area is 225 Å². The van der Waals surface area contributed by atoms with Crippen molar-refractivity contribution in [1.29, 1.82) is 5.41 Å². The summed E-state index contributed by atoms with van der Waals surface area (Å²) in [7, 11) is 2.11. The number of β-lactam (4-membered cyclic amide) rings is 1. The standard InChI is InChI=1S/C21H26FN9O5S2/c1-31(7-4-29(11-23)5-8-31)6-2-3-12-9-37-19-14(18(33)30(19)15(12)20(34)35)25-17(32)13(27-36-10-22)16-26-21(24)38-28-16/h2-3,11,14,19,23H,4-10H2,1H3,(H3-,24,25,26,28,32,34,35)/p+1/b3-2+,23-11?,27-13-/t14-,19+/m1/s1. The van der Waals surface area contributed by atoms with Gasteiger partial charge in [-0.3, -0.25) is 19.9 Å². The largest absolute Gasteiger partial charge is 0.477 e. The zero-order valence-corrected chi connectivity index (χ0v) is 22.0. The fourth-order valence-electron chi connectivity index (χ4n) is 4.31. The molecule has 17 heteroatoms. The van der Waals surface area contributed by atoms with Crippen molar-refractivity contribution >= 4 is 58.3 Å². The molecular weight excluding hydrogens is 541 g/mol. The summed E-state index contributed by atoms with van der Waals surface area (Å²) >= 11 is 2.11. The highest BCUT2D eigenvalue weighted by atomic mass is 32.2. The van der Waals surface area contributed by atoms with Crippen molar-refractivity contribution < 1.29 is 33.2 Å². The van der Waals surface area contributed by atoms with Crippen LogP contribution in [-0.4, -0.2) is 122 Å². The van der Waals surface area contributed by atoms with Gasteiger partial charge in [-0.05, 0) is 11.6 Å². The number of alkyl halides is 1. The smallest absolute Gasteiger partial charge is 0.352 e. The molecule has 0 radical (unpaired) electrons. The zero-order valence-electron chi connectivity index (χ0n) is 20.4. The van der Waals surface area contributed by atoms with Gasteiger partial charge >= 0.3 is 5.97 Å². The molecule has 1 aromatic rings. The summed E-state index contributed by atoms with van der Waals surface area (Å²) in [5, 5.41) is 22.6. The van der Waals surface area contributed by atoms with Crippen LogP contribution in [0.5, 0.6) is 0 Å². The van der Waals surface area contributed by atoms with Crippen LogP contribution in [0.1, 0.15) is 5.82 Å². The van der Waals surface area contributed by atoms with E-state index in [-0.39, 0.29) is 16.7 Å². The van der Waals surface area contributed by atoms with Crippen molar-refractivity contribution in [2.24, 2.45) is 5.16 Å². The fourth-order valence-corrected chi connectivity index (χ4v) is 6.06. The normalized spacial score (nSPS) is 23.2. The number of carboxylic acids is 1. The maximum absolute atomic E-state index is 13.0. The number of aromatic nitrogens is 2. The van der Waals surface area contributed by atoms with Gasteiger partial charge in [-0.15, -0.1) is 11.8 Å². The third kappa shape index (κ3) is 5.63. The highest BCUT2D eigenvalue weighted by molar-refractivity contribution is 8.00. The number of hydrogen-bond acceptors (Lipinski definition) is 11. The molecule has 3 aliphatic heterocycles. The van der Waals surface area contributed by atoms with Gasteiger partial charge in [-0.2, -0.15) is 9.36 Å². The van der Waals surface area contributed by atoms with Gasteiger partial charge < -0.3 is 30.4 Å². The van der Waals surface area contributed by atoms with Gasteiger partial charge in [0.1, 0.15) is 17.1 Å². The lowest BCUT2D eigenvalue weighted by molar-refractivity contribution is -0.907. The lowest BCUT2D eigenvalue weighted by atomic mass is 10.0. The summed E-state index contributed by atoms with van der Waals surface area (Å²) in [6, 6.07) is -1.03. The topological polar surface area (TPSA) is 187 Å². The second-order valence-electron chi connectivity index (χ2n) is 8.99. The number of likely N-dealkylation sites (N-methyl/N-ethyl adjacent to an activating group) is 1. The molecule has 1 aromatic heterocycles. The Hall–Kier alpha value is -3.57. The summed E-state index contributed by atoms with van der Waals surface area (Å²) in [5.41, 5.74) is 5.47.